The van der Waals surface area contributed by atoms with Gasteiger partial charge in [-0.3, -0.25) is 14.4 Å². The summed E-state index contributed by atoms with van der Waals surface area (Å²) >= 11 is 18.5. The molecule has 3 aromatic carbocycles. The lowest BCUT2D eigenvalue weighted by atomic mass is 10.1. The first-order valence-electron chi connectivity index (χ1n) is 8.86. The number of nitrogens with zero attached hydrogens (tertiary/aromatic N) is 2. The number of halogens is 3. The molecule has 0 atom stereocenters. The number of imide groups is 1. The molecule has 8 heteroatoms. The summed E-state index contributed by atoms with van der Waals surface area (Å²) < 4.78 is 0. The van der Waals surface area contributed by atoms with Gasteiger partial charge in [-0.2, -0.15) is 5.01 Å². The molecule has 4 rings (SSSR count). The molecule has 3 amide bonds. The summed E-state index contributed by atoms with van der Waals surface area (Å²) in [6, 6.07) is 17.6. The first kappa shape index (κ1) is 20.4. The Morgan fingerprint density at radius 1 is 0.800 bits per heavy atom. The van der Waals surface area contributed by atoms with E-state index in [0.29, 0.717) is 15.6 Å². The highest BCUT2D eigenvalue weighted by Crippen LogP contribution is 2.30. The second kappa shape index (κ2) is 8.11. The monoisotopic (exact) mass is 458 g/mol. The van der Waals surface area contributed by atoms with Gasteiger partial charge in [-0.15, -0.1) is 0 Å². The molecule has 0 saturated heterocycles. The number of hydrazine groups is 1. The lowest BCUT2D eigenvalue weighted by Crippen LogP contribution is -2.49. The van der Waals surface area contributed by atoms with Crippen molar-refractivity contribution in [3.63, 3.8) is 0 Å². The number of amides is 3. The third-order valence-electron chi connectivity index (χ3n) is 4.69. The minimum atomic E-state index is -0.610. The molecule has 0 N–H and O–H groups in total. The van der Waals surface area contributed by atoms with Crippen LogP contribution in [0.25, 0.3) is 0 Å². The van der Waals surface area contributed by atoms with Gasteiger partial charge >= 0.3 is 0 Å². The lowest BCUT2D eigenvalue weighted by molar-refractivity contribution is 0.000883. The molecule has 1 heterocycles. The molecule has 3 aromatic rings. The van der Waals surface area contributed by atoms with Crippen molar-refractivity contribution in [2.45, 2.75) is 6.54 Å². The highest BCUT2D eigenvalue weighted by Gasteiger charge is 2.41. The van der Waals surface area contributed by atoms with E-state index in [1.165, 1.54) is 12.1 Å². The van der Waals surface area contributed by atoms with Crippen molar-refractivity contribution in [1.29, 1.82) is 0 Å². The largest absolute Gasteiger partial charge is 0.280 e. The van der Waals surface area contributed by atoms with E-state index in [0.717, 1.165) is 10.0 Å². The third kappa shape index (κ3) is 3.56. The predicted octanol–water partition coefficient (Wildman–Crippen LogP) is 5.50. The summed E-state index contributed by atoms with van der Waals surface area (Å²) in [5, 5.41) is 2.82. The van der Waals surface area contributed by atoms with Gasteiger partial charge in [-0.1, -0.05) is 65.1 Å². The van der Waals surface area contributed by atoms with E-state index in [1.807, 2.05) is 0 Å². The van der Waals surface area contributed by atoms with Crippen molar-refractivity contribution in [3.05, 3.63) is 104 Å². The Hall–Kier alpha value is -2.86. The fourth-order valence-electron chi connectivity index (χ4n) is 3.21. The van der Waals surface area contributed by atoms with Crippen LogP contribution in [0, 0.1) is 0 Å². The molecule has 30 heavy (non-hydrogen) atoms. The number of rotatable bonds is 4. The fraction of sp³-hybridized carbons (Fsp3) is 0.0455. The summed E-state index contributed by atoms with van der Waals surface area (Å²) in [7, 11) is 0. The zero-order valence-electron chi connectivity index (χ0n) is 15.3. The van der Waals surface area contributed by atoms with Crippen molar-refractivity contribution in [2.75, 3.05) is 0 Å². The smallest absolute Gasteiger partial charge is 0.267 e. The Labute approximate surface area is 187 Å². The third-order valence-corrected chi connectivity index (χ3v) is 5.60. The number of hydrogen-bond donors (Lipinski definition) is 0. The first-order chi connectivity index (χ1) is 14.4. The molecule has 1 aliphatic rings. The molecule has 0 aromatic heterocycles. The molecule has 0 bridgehead atoms. The number of fused-ring (bicyclic) bond motifs is 1. The van der Waals surface area contributed by atoms with Gasteiger partial charge in [0.1, 0.15) is 0 Å². The normalized spacial score (nSPS) is 12.8. The van der Waals surface area contributed by atoms with E-state index in [1.54, 1.807) is 54.6 Å². The molecular weight excluding hydrogens is 447 g/mol. The second-order valence-corrected chi connectivity index (χ2v) is 7.80. The van der Waals surface area contributed by atoms with Crippen LogP contribution < -0.4 is 0 Å². The van der Waals surface area contributed by atoms with Gasteiger partial charge in [0.25, 0.3) is 17.7 Å². The standard InChI is InChI=1S/C22H13Cl3N2O3/c23-14-10-9-13(19(25)11-14)12-26(20(28)17-7-3-4-8-18(17)24)27-21(29)15-5-1-2-6-16(15)22(27)30/h1-11H,12H2. The van der Waals surface area contributed by atoms with Crippen LogP contribution in [0.15, 0.2) is 66.7 Å². The number of carbonyl (C=O) groups excluding carboxylic acids is 3. The maximum Gasteiger partial charge on any atom is 0.280 e. The van der Waals surface area contributed by atoms with Crippen molar-refractivity contribution in [3.8, 4) is 0 Å². The predicted molar refractivity (Wildman–Crippen MR) is 115 cm³/mol. The lowest BCUT2D eigenvalue weighted by Gasteiger charge is -2.30. The van der Waals surface area contributed by atoms with Gasteiger partial charge in [0.15, 0.2) is 0 Å². The van der Waals surface area contributed by atoms with E-state index in [-0.39, 0.29) is 28.3 Å². The second-order valence-electron chi connectivity index (χ2n) is 6.55. The summed E-state index contributed by atoms with van der Waals surface area (Å²) in [5.41, 5.74) is 1.11. The Morgan fingerprint density at radius 2 is 1.40 bits per heavy atom. The SMILES string of the molecule is O=C(c1ccccc1Cl)N(Cc1ccc(Cl)cc1Cl)N1C(=O)c2ccccc2C1=O. The molecule has 0 unspecified atom stereocenters. The van der Waals surface area contributed by atoms with E-state index < -0.39 is 17.7 Å². The van der Waals surface area contributed by atoms with Crippen LogP contribution in [-0.4, -0.2) is 27.7 Å². The molecule has 150 valence electrons. The van der Waals surface area contributed by atoms with Crippen molar-refractivity contribution < 1.29 is 14.4 Å². The van der Waals surface area contributed by atoms with Crippen LogP contribution in [-0.2, 0) is 6.54 Å². The zero-order valence-corrected chi connectivity index (χ0v) is 17.6. The average molecular weight is 460 g/mol. The number of carbonyl (C=O) groups is 3. The van der Waals surface area contributed by atoms with Crippen molar-refractivity contribution >= 4 is 52.5 Å². The molecule has 0 radical (unpaired) electrons. The van der Waals surface area contributed by atoms with Gasteiger partial charge in [0, 0.05) is 10.0 Å². The topological polar surface area (TPSA) is 57.7 Å². The zero-order chi connectivity index (χ0) is 21.4. The van der Waals surface area contributed by atoms with Crippen molar-refractivity contribution in [2.24, 2.45) is 0 Å². The number of benzene rings is 3. The number of hydrogen-bond acceptors (Lipinski definition) is 3. The molecular formula is C22H13Cl3N2O3. The van der Waals surface area contributed by atoms with E-state index in [4.69, 9.17) is 34.8 Å². The maximum absolute atomic E-state index is 13.4. The molecule has 0 aliphatic carbocycles. The van der Waals surface area contributed by atoms with Crippen LogP contribution in [0.2, 0.25) is 15.1 Å². The first-order valence-corrected chi connectivity index (χ1v) is 10.00. The summed E-state index contributed by atoms with van der Waals surface area (Å²) in [5.74, 6) is -1.80. The van der Waals surface area contributed by atoms with Crippen LogP contribution in [0.4, 0.5) is 0 Å². The average Bonchev–Trinajstić information content (AvgIpc) is 2.98. The van der Waals surface area contributed by atoms with Gasteiger partial charge < -0.3 is 0 Å². The van der Waals surface area contributed by atoms with E-state index >= 15 is 0 Å². The summed E-state index contributed by atoms with van der Waals surface area (Å²) in [4.78, 5) is 39.4. The highest BCUT2D eigenvalue weighted by molar-refractivity contribution is 6.35. The summed E-state index contributed by atoms with van der Waals surface area (Å²) in [6.07, 6.45) is 0. The Bertz CT molecular complexity index is 1160. The van der Waals surface area contributed by atoms with Crippen molar-refractivity contribution in [1.82, 2.24) is 10.0 Å². The maximum atomic E-state index is 13.4. The molecule has 5 nitrogen and oxygen atoms in total. The molecule has 1 aliphatic heterocycles. The minimum absolute atomic E-state index is 0.133. The van der Waals surface area contributed by atoms with Crippen LogP contribution in [0.3, 0.4) is 0 Å². The highest BCUT2D eigenvalue weighted by atomic mass is 35.5. The molecule has 0 saturated carbocycles. The van der Waals surface area contributed by atoms with Crippen LogP contribution >= 0.6 is 34.8 Å². The van der Waals surface area contributed by atoms with E-state index in [9.17, 15) is 14.4 Å². The van der Waals surface area contributed by atoms with Gasteiger partial charge in [-0.05, 0) is 42.0 Å². The van der Waals surface area contributed by atoms with Gasteiger partial charge in [0.05, 0.1) is 28.3 Å². The Morgan fingerprint density at radius 3 is 2.00 bits per heavy atom. The van der Waals surface area contributed by atoms with Gasteiger partial charge in [-0.25, -0.2) is 5.01 Å². The fourth-order valence-corrected chi connectivity index (χ4v) is 3.90. The minimum Gasteiger partial charge on any atom is -0.267 e. The molecule has 0 spiro atoms. The molecule has 0 fully saturated rings. The Balaban J connectivity index is 1.80. The van der Waals surface area contributed by atoms with Crippen LogP contribution in [0.5, 0.6) is 0 Å². The summed E-state index contributed by atoms with van der Waals surface area (Å²) in [6.45, 7) is -0.133. The van der Waals surface area contributed by atoms with Gasteiger partial charge in [0.2, 0.25) is 0 Å². The quantitative estimate of drug-likeness (QED) is 0.484. The Kier molecular flexibility index (Phi) is 5.52. The van der Waals surface area contributed by atoms with E-state index in [2.05, 4.69) is 0 Å². The van der Waals surface area contributed by atoms with Crippen LogP contribution in [0.1, 0.15) is 36.6 Å².